The molecule has 1 heterocycles. The maximum absolute atomic E-state index is 12.5. The average Bonchev–Trinajstić information content (AvgIpc) is 3.08. The minimum atomic E-state index is -2.85. The quantitative estimate of drug-likeness (QED) is 0.530. The number of methoxy groups -OCH3 is 1. The number of halogens is 2. The minimum Gasteiger partial charge on any atom is -0.497 e. The van der Waals surface area contributed by atoms with Crippen molar-refractivity contribution in [1.82, 2.24) is 10.2 Å². The highest BCUT2D eigenvalue weighted by Crippen LogP contribution is 2.33. The van der Waals surface area contributed by atoms with E-state index in [4.69, 9.17) is 4.74 Å². The number of alkyl halides is 2. The van der Waals surface area contributed by atoms with E-state index in [9.17, 15) is 8.78 Å². The summed E-state index contributed by atoms with van der Waals surface area (Å²) in [5.41, 5.74) is 1.52. The molecule has 0 atom stereocenters. The molecule has 136 valence electrons. The molecular weight excluding hydrogens is 380 g/mol. The first-order chi connectivity index (χ1) is 12.6. The normalized spacial score (nSPS) is 10.8. The highest BCUT2D eigenvalue weighted by Gasteiger charge is 2.11. The van der Waals surface area contributed by atoms with Gasteiger partial charge in [0.2, 0.25) is 5.13 Å². The highest BCUT2D eigenvalue weighted by molar-refractivity contribution is 8.00. The molecule has 0 saturated heterocycles. The molecule has 9 heteroatoms. The number of nitrogens with zero attached hydrogens (tertiary/aromatic N) is 2. The lowest BCUT2D eigenvalue weighted by Crippen LogP contribution is -2.03. The Bertz CT molecular complexity index is 861. The van der Waals surface area contributed by atoms with Gasteiger partial charge < -0.3 is 14.8 Å². The molecule has 0 saturated carbocycles. The first-order valence-corrected chi connectivity index (χ1v) is 9.34. The Morgan fingerprint density at radius 3 is 2.81 bits per heavy atom. The van der Waals surface area contributed by atoms with Crippen LogP contribution >= 0.6 is 23.1 Å². The van der Waals surface area contributed by atoms with E-state index in [1.54, 1.807) is 25.3 Å². The van der Waals surface area contributed by atoms with Crippen LogP contribution in [0.25, 0.3) is 0 Å². The number of ether oxygens (including phenoxy) is 2. The van der Waals surface area contributed by atoms with Crippen molar-refractivity contribution < 1.29 is 18.3 Å². The van der Waals surface area contributed by atoms with Gasteiger partial charge in [0, 0.05) is 23.1 Å². The van der Waals surface area contributed by atoms with Gasteiger partial charge in [0.25, 0.3) is 0 Å². The third kappa shape index (κ3) is 5.06. The van der Waals surface area contributed by atoms with Gasteiger partial charge in [-0.1, -0.05) is 47.4 Å². The van der Waals surface area contributed by atoms with Crippen LogP contribution in [0.4, 0.5) is 19.6 Å². The number of hydrogen-bond donors (Lipinski definition) is 1. The van der Waals surface area contributed by atoms with Gasteiger partial charge in [-0.2, -0.15) is 8.78 Å². The number of nitrogens with one attached hydrogen (secondary N) is 1. The molecule has 1 aromatic heterocycles. The van der Waals surface area contributed by atoms with Crippen molar-refractivity contribution in [3.63, 3.8) is 0 Å². The van der Waals surface area contributed by atoms with Gasteiger partial charge in [0.05, 0.1) is 7.11 Å². The summed E-state index contributed by atoms with van der Waals surface area (Å²) in [5, 5.41) is 12.0. The molecule has 2 aromatic carbocycles. The fraction of sp³-hybridized carbons (Fsp3) is 0.176. The maximum Gasteiger partial charge on any atom is 0.387 e. The maximum atomic E-state index is 12.5. The average molecular weight is 395 g/mol. The van der Waals surface area contributed by atoms with Crippen LogP contribution in [0.15, 0.2) is 52.9 Å². The second kappa shape index (κ2) is 8.81. The molecule has 26 heavy (non-hydrogen) atoms. The summed E-state index contributed by atoms with van der Waals surface area (Å²) in [4.78, 5) is 0. The van der Waals surface area contributed by atoms with Crippen LogP contribution in [0.3, 0.4) is 0 Å². The van der Waals surface area contributed by atoms with Gasteiger partial charge >= 0.3 is 6.61 Å². The van der Waals surface area contributed by atoms with Gasteiger partial charge in [-0.05, 0) is 18.2 Å². The first kappa shape index (κ1) is 18.4. The van der Waals surface area contributed by atoms with Crippen molar-refractivity contribution in [3.8, 4) is 11.5 Å². The fourth-order valence-corrected chi connectivity index (χ4v) is 3.88. The van der Waals surface area contributed by atoms with E-state index in [1.807, 2.05) is 24.3 Å². The zero-order valence-corrected chi connectivity index (χ0v) is 15.3. The van der Waals surface area contributed by atoms with E-state index in [-0.39, 0.29) is 5.75 Å². The van der Waals surface area contributed by atoms with Crippen LogP contribution < -0.4 is 14.8 Å². The molecule has 0 radical (unpaired) electrons. The van der Waals surface area contributed by atoms with Crippen molar-refractivity contribution in [2.24, 2.45) is 0 Å². The molecule has 0 fully saturated rings. The van der Waals surface area contributed by atoms with Crippen molar-refractivity contribution in [2.75, 3.05) is 12.4 Å². The summed E-state index contributed by atoms with van der Waals surface area (Å²) < 4.78 is 35.4. The number of thioether (sulfide) groups is 1. The largest absolute Gasteiger partial charge is 0.497 e. The third-order valence-corrected chi connectivity index (χ3v) is 5.29. The Morgan fingerprint density at radius 1 is 1.15 bits per heavy atom. The van der Waals surface area contributed by atoms with Crippen LogP contribution in [0.2, 0.25) is 0 Å². The van der Waals surface area contributed by atoms with Crippen LogP contribution in [0.5, 0.6) is 11.5 Å². The summed E-state index contributed by atoms with van der Waals surface area (Å²) >= 11 is 2.79. The summed E-state index contributed by atoms with van der Waals surface area (Å²) in [6.07, 6.45) is 0. The molecule has 3 rings (SSSR count). The first-order valence-electron chi connectivity index (χ1n) is 7.54. The fourth-order valence-electron chi connectivity index (χ4n) is 2.12. The Balaban J connectivity index is 1.62. The lowest BCUT2D eigenvalue weighted by molar-refractivity contribution is -0.0503. The van der Waals surface area contributed by atoms with Gasteiger partial charge in [-0.15, -0.1) is 10.2 Å². The molecule has 0 bridgehead atoms. The van der Waals surface area contributed by atoms with Crippen molar-refractivity contribution in [3.05, 3.63) is 54.1 Å². The standard InChI is InChI=1S/C17H15F2N3O2S2/c1-23-13-7-4-6-12(9-13)20-16-21-22-17(26-16)25-10-11-5-2-3-8-14(11)24-15(18)19/h2-9,15H,10H2,1H3,(H,20,21). The molecular formula is C17H15F2N3O2S2. The molecule has 3 aromatic rings. The molecule has 0 aliphatic rings. The Labute approximate surface area is 157 Å². The zero-order chi connectivity index (χ0) is 18.4. The highest BCUT2D eigenvalue weighted by atomic mass is 32.2. The van der Waals surface area contributed by atoms with Crippen LogP contribution in [-0.2, 0) is 5.75 Å². The number of rotatable bonds is 8. The van der Waals surface area contributed by atoms with E-state index in [0.717, 1.165) is 15.8 Å². The summed E-state index contributed by atoms with van der Waals surface area (Å²) in [7, 11) is 1.61. The van der Waals surface area contributed by atoms with Crippen molar-refractivity contribution in [2.45, 2.75) is 16.7 Å². The molecule has 1 N–H and O–H groups in total. The lowest BCUT2D eigenvalue weighted by atomic mass is 10.2. The number of benzene rings is 2. The predicted octanol–water partition coefficient (Wildman–Crippen LogP) is 5.18. The molecule has 0 aliphatic carbocycles. The zero-order valence-electron chi connectivity index (χ0n) is 13.7. The molecule has 0 spiro atoms. The molecule has 0 unspecified atom stereocenters. The van der Waals surface area contributed by atoms with Crippen molar-refractivity contribution in [1.29, 1.82) is 0 Å². The topological polar surface area (TPSA) is 56.3 Å². The smallest absolute Gasteiger partial charge is 0.387 e. The van der Waals surface area contributed by atoms with Crippen LogP contribution in [0.1, 0.15) is 5.56 Å². The minimum absolute atomic E-state index is 0.175. The number of anilines is 2. The van der Waals surface area contributed by atoms with E-state index < -0.39 is 6.61 Å². The Kier molecular flexibility index (Phi) is 6.24. The molecule has 0 aliphatic heterocycles. The van der Waals surface area contributed by atoms with E-state index in [1.165, 1.54) is 29.2 Å². The Hall–Kier alpha value is -2.39. The molecule has 0 amide bonds. The van der Waals surface area contributed by atoms with Crippen LogP contribution in [-0.4, -0.2) is 23.9 Å². The van der Waals surface area contributed by atoms with E-state index in [0.29, 0.717) is 16.4 Å². The van der Waals surface area contributed by atoms with Crippen molar-refractivity contribution >= 4 is 33.9 Å². The second-order valence-corrected chi connectivity index (χ2v) is 7.20. The van der Waals surface area contributed by atoms with E-state index in [2.05, 4.69) is 20.3 Å². The number of hydrogen-bond acceptors (Lipinski definition) is 7. The van der Waals surface area contributed by atoms with Gasteiger partial charge in [-0.25, -0.2) is 0 Å². The van der Waals surface area contributed by atoms with Crippen LogP contribution in [0, 0.1) is 0 Å². The summed E-state index contributed by atoms with van der Waals surface area (Å²) in [5.74, 6) is 1.37. The predicted molar refractivity (Wildman–Crippen MR) is 98.8 cm³/mol. The third-order valence-electron chi connectivity index (χ3n) is 3.27. The van der Waals surface area contributed by atoms with E-state index >= 15 is 0 Å². The lowest BCUT2D eigenvalue weighted by Gasteiger charge is -2.09. The SMILES string of the molecule is COc1cccc(Nc2nnc(SCc3ccccc3OC(F)F)s2)c1. The van der Waals surface area contributed by atoms with Gasteiger partial charge in [0.1, 0.15) is 11.5 Å². The number of aromatic nitrogens is 2. The summed E-state index contributed by atoms with van der Waals surface area (Å²) in [6.45, 7) is -2.85. The number of para-hydroxylation sites is 1. The second-order valence-electron chi connectivity index (χ2n) is 5.00. The van der Waals surface area contributed by atoms with Gasteiger partial charge in [-0.3, -0.25) is 0 Å². The Morgan fingerprint density at radius 2 is 2.00 bits per heavy atom. The molecule has 5 nitrogen and oxygen atoms in total. The summed E-state index contributed by atoms with van der Waals surface area (Å²) in [6, 6.07) is 14.2. The van der Waals surface area contributed by atoms with Gasteiger partial charge in [0.15, 0.2) is 4.34 Å². The monoisotopic (exact) mass is 395 g/mol.